The summed E-state index contributed by atoms with van der Waals surface area (Å²) in [6.07, 6.45) is 2.41. The van der Waals surface area contributed by atoms with Gasteiger partial charge in [-0.05, 0) is 36.2 Å². The van der Waals surface area contributed by atoms with Crippen LogP contribution in [-0.2, 0) is 6.42 Å². The van der Waals surface area contributed by atoms with Crippen LogP contribution in [0.25, 0.3) is 0 Å². The van der Waals surface area contributed by atoms with Crippen LogP contribution in [0.4, 0.5) is 10.6 Å². The van der Waals surface area contributed by atoms with E-state index in [9.17, 15) is 4.79 Å². The predicted octanol–water partition coefficient (Wildman–Crippen LogP) is 3.97. The average Bonchev–Trinajstić information content (AvgIpc) is 2.41. The Bertz CT molecular complexity index is 587. The summed E-state index contributed by atoms with van der Waals surface area (Å²) in [5.74, 6) is 0.514. The Morgan fingerprint density at radius 3 is 2.55 bits per heavy atom. The van der Waals surface area contributed by atoms with Crippen molar-refractivity contribution < 1.29 is 4.79 Å². The molecular formula is C14H13Br2N3O. The van der Waals surface area contributed by atoms with Crippen LogP contribution < -0.4 is 10.6 Å². The maximum atomic E-state index is 11.7. The van der Waals surface area contributed by atoms with E-state index >= 15 is 0 Å². The molecule has 2 aromatic rings. The zero-order valence-electron chi connectivity index (χ0n) is 10.6. The van der Waals surface area contributed by atoms with Crippen molar-refractivity contribution in [3.63, 3.8) is 0 Å². The van der Waals surface area contributed by atoms with Gasteiger partial charge in [0.2, 0.25) is 0 Å². The molecule has 6 heteroatoms. The van der Waals surface area contributed by atoms with Crippen molar-refractivity contribution in [2.24, 2.45) is 0 Å². The predicted molar refractivity (Wildman–Crippen MR) is 86.8 cm³/mol. The second kappa shape index (κ2) is 7.40. The molecule has 0 aliphatic rings. The van der Waals surface area contributed by atoms with Gasteiger partial charge in [-0.25, -0.2) is 9.78 Å². The zero-order valence-corrected chi connectivity index (χ0v) is 13.7. The van der Waals surface area contributed by atoms with Crippen molar-refractivity contribution in [3.05, 3.63) is 57.1 Å². The number of carbonyl (C=O) groups excluding carboxylic acids is 1. The number of aromatic nitrogens is 1. The molecule has 0 saturated carbocycles. The number of anilines is 1. The number of pyridine rings is 1. The minimum atomic E-state index is -0.257. The van der Waals surface area contributed by atoms with Gasteiger partial charge in [-0.3, -0.25) is 5.32 Å². The van der Waals surface area contributed by atoms with E-state index in [0.717, 1.165) is 15.4 Å². The second-order valence-corrected chi connectivity index (χ2v) is 5.95. The highest BCUT2D eigenvalue weighted by molar-refractivity contribution is 9.10. The lowest BCUT2D eigenvalue weighted by Gasteiger charge is -2.07. The molecule has 0 radical (unpaired) electrons. The lowest BCUT2D eigenvalue weighted by molar-refractivity contribution is 0.252. The molecule has 0 unspecified atom stereocenters. The maximum Gasteiger partial charge on any atom is 0.320 e. The van der Waals surface area contributed by atoms with Gasteiger partial charge in [0.15, 0.2) is 0 Å². The third-order valence-corrected chi connectivity index (χ3v) is 3.60. The van der Waals surface area contributed by atoms with Gasteiger partial charge in [0, 0.05) is 21.7 Å². The fraction of sp³-hybridized carbons (Fsp3) is 0.143. The standard InChI is InChI=1S/C14H13Br2N3O/c15-11-3-1-10(2-4-11)5-7-18-14(20)19-13-9-12(16)6-8-17-13/h1-4,6,8-9H,5,7H2,(H2,17,18,19,20). The van der Waals surface area contributed by atoms with Crippen LogP contribution in [-0.4, -0.2) is 17.6 Å². The third kappa shape index (κ3) is 4.94. The van der Waals surface area contributed by atoms with Gasteiger partial charge < -0.3 is 5.32 Å². The van der Waals surface area contributed by atoms with E-state index in [-0.39, 0.29) is 6.03 Å². The number of amides is 2. The molecule has 20 heavy (non-hydrogen) atoms. The van der Waals surface area contributed by atoms with E-state index < -0.39 is 0 Å². The largest absolute Gasteiger partial charge is 0.337 e. The molecule has 0 bridgehead atoms. The lowest BCUT2D eigenvalue weighted by Crippen LogP contribution is -2.30. The van der Waals surface area contributed by atoms with Crippen molar-refractivity contribution in [1.82, 2.24) is 10.3 Å². The first-order valence-corrected chi connectivity index (χ1v) is 7.63. The summed E-state index contributed by atoms with van der Waals surface area (Å²) in [7, 11) is 0. The van der Waals surface area contributed by atoms with E-state index in [1.54, 1.807) is 18.3 Å². The van der Waals surface area contributed by atoms with E-state index in [1.807, 2.05) is 24.3 Å². The fourth-order valence-electron chi connectivity index (χ4n) is 1.61. The van der Waals surface area contributed by atoms with Crippen molar-refractivity contribution >= 4 is 43.7 Å². The van der Waals surface area contributed by atoms with E-state index in [1.165, 1.54) is 5.56 Å². The quantitative estimate of drug-likeness (QED) is 0.818. The molecule has 1 heterocycles. The van der Waals surface area contributed by atoms with Crippen molar-refractivity contribution in [1.29, 1.82) is 0 Å². The highest BCUT2D eigenvalue weighted by Gasteiger charge is 2.02. The summed E-state index contributed by atoms with van der Waals surface area (Å²) in [6.45, 7) is 0.571. The van der Waals surface area contributed by atoms with Crippen LogP contribution in [0.5, 0.6) is 0 Å². The Balaban J connectivity index is 1.76. The SMILES string of the molecule is O=C(NCCc1ccc(Br)cc1)Nc1cc(Br)ccn1. The number of halogens is 2. The summed E-state index contributed by atoms with van der Waals surface area (Å²) in [4.78, 5) is 15.7. The summed E-state index contributed by atoms with van der Waals surface area (Å²) in [5.41, 5.74) is 1.18. The maximum absolute atomic E-state index is 11.7. The number of benzene rings is 1. The van der Waals surface area contributed by atoms with E-state index in [2.05, 4.69) is 47.5 Å². The highest BCUT2D eigenvalue weighted by atomic mass is 79.9. The minimum absolute atomic E-state index is 0.257. The summed E-state index contributed by atoms with van der Waals surface area (Å²) in [5, 5.41) is 5.48. The van der Waals surface area contributed by atoms with Crippen LogP contribution in [0.15, 0.2) is 51.5 Å². The Labute approximate surface area is 134 Å². The molecule has 0 aliphatic carbocycles. The first-order chi connectivity index (χ1) is 9.63. The summed E-state index contributed by atoms with van der Waals surface area (Å²) < 4.78 is 1.92. The monoisotopic (exact) mass is 397 g/mol. The normalized spacial score (nSPS) is 10.1. The van der Waals surface area contributed by atoms with Gasteiger partial charge in [0.1, 0.15) is 5.82 Å². The lowest BCUT2D eigenvalue weighted by atomic mass is 10.1. The van der Waals surface area contributed by atoms with Crippen LogP contribution in [0.3, 0.4) is 0 Å². The smallest absolute Gasteiger partial charge is 0.320 e. The molecule has 0 spiro atoms. The van der Waals surface area contributed by atoms with Gasteiger partial charge in [-0.2, -0.15) is 0 Å². The molecule has 1 aromatic carbocycles. The Kier molecular flexibility index (Phi) is 5.55. The number of carbonyl (C=O) groups is 1. The molecule has 0 fully saturated rings. The van der Waals surface area contributed by atoms with Gasteiger partial charge in [-0.15, -0.1) is 0 Å². The van der Waals surface area contributed by atoms with Crippen molar-refractivity contribution in [2.75, 3.05) is 11.9 Å². The summed E-state index contributed by atoms with van der Waals surface area (Å²) >= 11 is 6.71. The number of urea groups is 1. The first kappa shape index (κ1) is 15.0. The van der Waals surface area contributed by atoms with Gasteiger partial charge in [0.25, 0.3) is 0 Å². The molecule has 1 aromatic heterocycles. The Hall–Kier alpha value is -1.40. The molecule has 2 rings (SSSR count). The average molecular weight is 399 g/mol. The molecule has 4 nitrogen and oxygen atoms in total. The van der Waals surface area contributed by atoms with Crippen molar-refractivity contribution in [2.45, 2.75) is 6.42 Å². The molecule has 0 aliphatic heterocycles. The fourth-order valence-corrected chi connectivity index (χ4v) is 2.20. The molecule has 0 atom stereocenters. The van der Waals surface area contributed by atoms with Crippen LogP contribution in [0.2, 0.25) is 0 Å². The van der Waals surface area contributed by atoms with Gasteiger partial charge >= 0.3 is 6.03 Å². The summed E-state index contributed by atoms with van der Waals surface area (Å²) in [6, 6.07) is 11.3. The third-order valence-electron chi connectivity index (χ3n) is 2.58. The van der Waals surface area contributed by atoms with Crippen LogP contribution in [0.1, 0.15) is 5.56 Å². The Morgan fingerprint density at radius 1 is 1.10 bits per heavy atom. The molecule has 2 amide bonds. The number of rotatable bonds is 4. The molecular weight excluding hydrogens is 386 g/mol. The first-order valence-electron chi connectivity index (χ1n) is 6.04. The Morgan fingerprint density at radius 2 is 1.85 bits per heavy atom. The number of hydrogen-bond acceptors (Lipinski definition) is 2. The number of nitrogens with one attached hydrogen (secondary N) is 2. The second-order valence-electron chi connectivity index (χ2n) is 4.12. The minimum Gasteiger partial charge on any atom is -0.337 e. The van der Waals surface area contributed by atoms with E-state index in [4.69, 9.17) is 0 Å². The zero-order chi connectivity index (χ0) is 14.4. The highest BCUT2D eigenvalue weighted by Crippen LogP contribution is 2.12. The topological polar surface area (TPSA) is 54.0 Å². The van der Waals surface area contributed by atoms with Gasteiger partial charge in [0.05, 0.1) is 0 Å². The van der Waals surface area contributed by atoms with Gasteiger partial charge in [-0.1, -0.05) is 44.0 Å². The van der Waals surface area contributed by atoms with Crippen molar-refractivity contribution in [3.8, 4) is 0 Å². The number of nitrogens with zero attached hydrogens (tertiary/aromatic N) is 1. The van der Waals surface area contributed by atoms with E-state index in [0.29, 0.717) is 12.4 Å². The molecule has 0 saturated heterocycles. The molecule has 104 valence electrons. The molecule has 2 N–H and O–H groups in total. The van der Waals surface area contributed by atoms with Crippen LogP contribution in [0, 0.1) is 0 Å². The number of hydrogen-bond donors (Lipinski definition) is 2. The van der Waals surface area contributed by atoms with Crippen LogP contribution >= 0.6 is 31.9 Å².